The summed E-state index contributed by atoms with van der Waals surface area (Å²) in [6, 6.07) is 14.3. The van der Waals surface area contributed by atoms with Crippen molar-refractivity contribution in [1.82, 2.24) is 29.1 Å². The molecule has 0 aliphatic rings. The van der Waals surface area contributed by atoms with Gasteiger partial charge in [0, 0.05) is 11.8 Å². The van der Waals surface area contributed by atoms with Crippen LogP contribution in [0.1, 0.15) is 5.82 Å². The molecule has 0 saturated carbocycles. The molecule has 27 heavy (non-hydrogen) atoms. The Morgan fingerprint density at radius 2 is 1.93 bits per heavy atom. The summed E-state index contributed by atoms with van der Waals surface area (Å²) in [6.07, 6.45) is 3.11. The van der Waals surface area contributed by atoms with Gasteiger partial charge in [0.05, 0.1) is 30.2 Å². The number of nitrogens with zero attached hydrogens (tertiary/aromatic N) is 5. The maximum atomic E-state index is 13.9. The van der Waals surface area contributed by atoms with Gasteiger partial charge in [0.25, 0.3) is 0 Å². The van der Waals surface area contributed by atoms with Gasteiger partial charge >= 0.3 is 0 Å². The summed E-state index contributed by atoms with van der Waals surface area (Å²) in [5.74, 6) is 0.407. The van der Waals surface area contributed by atoms with Crippen LogP contribution in [-0.4, -0.2) is 29.1 Å². The van der Waals surface area contributed by atoms with E-state index in [9.17, 15) is 4.39 Å². The van der Waals surface area contributed by atoms with Crippen LogP contribution in [0.4, 0.5) is 4.39 Å². The van der Waals surface area contributed by atoms with Crippen molar-refractivity contribution in [2.45, 2.75) is 6.54 Å². The van der Waals surface area contributed by atoms with Gasteiger partial charge in [-0.15, -0.1) is 0 Å². The number of fused-ring (bicyclic) bond motifs is 2. The zero-order chi connectivity index (χ0) is 18.4. The van der Waals surface area contributed by atoms with Crippen LogP contribution in [0.2, 0.25) is 0 Å². The zero-order valence-corrected chi connectivity index (χ0v) is 14.1. The molecule has 5 aromatic rings. The first-order valence-electron chi connectivity index (χ1n) is 8.36. The van der Waals surface area contributed by atoms with Crippen molar-refractivity contribution in [2.24, 2.45) is 0 Å². The first-order chi connectivity index (χ1) is 13.2. The van der Waals surface area contributed by atoms with E-state index in [1.54, 1.807) is 12.4 Å². The Morgan fingerprint density at radius 3 is 2.78 bits per heavy atom. The van der Waals surface area contributed by atoms with E-state index in [0.29, 0.717) is 28.7 Å². The Balaban J connectivity index is 1.74. The van der Waals surface area contributed by atoms with Crippen LogP contribution in [0.5, 0.6) is 0 Å². The minimum atomic E-state index is -0.311. The molecule has 0 saturated heterocycles. The molecule has 0 aliphatic heterocycles. The van der Waals surface area contributed by atoms with Crippen molar-refractivity contribution in [3.63, 3.8) is 0 Å². The third-order valence-corrected chi connectivity index (χ3v) is 4.47. The predicted octanol–water partition coefficient (Wildman–Crippen LogP) is 2.77. The molecule has 0 spiro atoms. The fourth-order valence-corrected chi connectivity index (χ4v) is 3.26. The minimum absolute atomic E-state index is 0.136. The van der Waals surface area contributed by atoms with Gasteiger partial charge in [-0.05, 0) is 24.3 Å². The first-order valence-corrected chi connectivity index (χ1v) is 8.36. The monoisotopic (exact) mass is 359 g/mol. The Morgan fingerprint density at radius 1 is 1.07 bits per heavy atom. The predicted molar refractivity (Wildman–Crippen MR) is 97.9 cm³/mol. The third-order valence-electron chi connectivity index (χ3n) is 4.47. The number of hydrogen-bond acceptors (Lipinski definition) is 4. The van der Waals surface area contributed by atoms with E-state index in [4.69, 9.17) is 10.4 Å². The van der Waals surface area contributed by atoms with Crippen molar-refractivity contribution >= 4 is 22.2 Å². The molecule has 0 aliphatic carbocycles. The molecule has 3 aromatic heterocycles. The molecule has 0 fully saturated rings. The summed E-state index contributed by atoms with van der Waals surface area (Å²) in [4.78, 5) is 16.0. The molecule has 0 radical (unpaired) electrons. The highest BCUT2D eigenvalue weighted by Crippen LogP contribution is 2.23. The van der Waals surface area contributed by atoms with E-state index in [0.717, 1.165) is 11.5 Å². The fourth-order valence-electron chi connectivity index (χ4n) is 3.26. The molecule has 2 aromatic carbocycles. The number of imidazole rings is 2. The second kappa shape index (κ2) is 5.87. The molecule has 0 unspecified atom stereocenters. The number of benzene rings is 2. The molecule has 0 atom stereocenters. The Bertz CT molecular complexity index is 1330. The lowest BCUT2D eigenvalue weighted by Crippen LogP contribution is -2.15. The molecule has 8 heteroatoms. The average Bonchev–Trinajstić information content (AvgIpc) is 3.30. The van der Waals surface area contributed by atoms with Crippen LogP contribution in [0.15, 0.2) is 61.2 Å². The lowest BCUT2D eigenvalue weighted by atomic mass is 10.2. The largest absolute Gasteiger partial charge is 0.340 e. The maximum absolute atomic E-state index is 13.9. The quantitative estimate of drug-likeness (QED) is 0.519. The molecule has 132 valence electrons. The molecular formula is C19H14FN7. The van der Waals surface area contributed by atoms with Gasteiger partial charge in [-0.1, -0.05) is 18.2 Å². The van der Waals surface area contributed by atoms with Crippen LogP contribution in [0.3, 0.4) is 0 Å². The van der Waals surface area contributed by atoms with Crippen molar-refractivity contribution < 1.29 is 4.39 Å². The number of aromatic nitrogens is 6. The molecule has 2 N–H and O–H groups in total. The summed E-state index contributed by atoms with van der Waals surface area (Å²) in [5.41, 5.74) is 3.61. The van der Waals surface area contributed by atoms with Gasteiger partial charge in [-0.2, -0.15) is 0 Å². The van der Waals surface area contributed by atoms with Gasteiger partial charge in [0.1, 0.15) is 17.2 Å². The standard InChI is InChI=1S/C19H14FN7/c20-12-6-7-14-15(8-12)27(13-4-2-1-3-5-13)16(25-14)9-26-11-24-18(21)17-19(26)23-10-22-17/h1-8,10-11,21H,9H2,(H,22,23). The SMILES string of the molecule is N=c1ncn(Cc2nc3ccc(F)cc3n2-c2ccccc2)c2nc[nH]c12. The highest BCUT2D eigenvalue weighted by atomic mass is 19.1. The summed E-state index contributed by atoms with van der Waals surface area (Å²) in [6.45, 7) is 0.375. The van der Waals surface area contributed by atoms with Crippen LogP contribution >= 0.6 is 0 Å². The summed E-state index contributed by atoms with van der Waals surface area (Å²) in [7, 11) is 0. The summed E-state index contributed by atoms with van der Waals surface area (Å²) < 4.78 is 17.6. The number of para-hydroxylation sites is 1. The van der Waals surface area contributed by atoms with Gasteiger partial charge in [0.15, 0.2) is 11.1 Å². The lowest BCUT2D eigenvalue weighted by molar-refractivity contribution is 0.629. The second-order valence-electron chi connectivity index (χ2n) is 6.15. The Labute approximate surface area is 152 Å². The summed E-state index contributed by atoms with van der Waals surface area (Å²) >= 11 is 0. The molecule has 5 rings (SSSR count). The van der Waals surface area contributed by atoms with E-state index >= 15 is 0 Å². The highest BCUT2D eigenvalue weighted by Gasteiger charge is 2.15. The van der Waals surface area contributed by atoms with Crippen molar-refractivity contribution in [3.8, 4) is 5.69 Å². The highest BCUT2D eigenvalue weighted by molar-refractivity contribution is 5.78. The number of aromatic amines is 1. The van der Waals surface area contributed by atoms with Crippen molar-refractivity contribution in [3.05, 3.63) is 78.3 Å². The normalized spacial score (nSPS) is 11.4. The van der Waals surface area contributed by atoms with Crippen LogP contribution in [0, 0.1) is 11.2 Å². The first kappa shape index (κ1) is 15.4. The molecule has 3 heterocycles. The average molecular weight is 359 g/mol. The van der Waals surface area contributed by atoms with E-state index in [2.05, 4.69) is 15.0 Å². The number of hydrogen-bond donors (Lipinski definition) is 2. The molecule has 0 amide bonds. The van der Waals surface area contributed by atoms with Crippen LogP contribution in [0.25, 0.3) is 27.9 Å². The summed E-state index contributed by atoms with van der Waals surface area (Å²) in [5, 5.41) is 7.89. The smallest absolute Gasteiger partial charge is 0.173 e. The maximum Gasteiger partial charge on any atom is 0.173 e. The number of rotatable bonds is 3. The van der Waals surface area contributed by atoms with E-state index in [-0.39, 0.29) is 11.3 Å². The van der Waals surface area contributed by atoms with E-state index < -0.39 is 0 Å². The van der Waals surface area contributed by atoms with Crippen LogP contribution < -0.4 is 5.49 Å². The molecular weight excluding hydrogens is 345 g/mol. The Hall–Kier alpha value is -3.81. The van der Waals surface area contributed by atoms with Gasteiger partial charge in [-0.3, -0.25) is 9.98 Å². The topological polar surface area (TPSA) is 88.2 Å². The minimum Gasteiger partial charge on any atom is -0.340 e. The van der Waals surface area contributed by atoms with Crippen LogP contribution in [-0.2, 0) is 6.54 Å². The third kappa shape index (κ3) is 2.50. The van der Waals surface area contributed by atoms with Crippen molar-refractivity contribution in [1.29, 1.82) is 5.41 Å². The van der Waals surface area contributed by atoms with Gasteiger partial charge in [0.2, 0.25) is 0 Å². The number of nitrogens with one attached hydrogen (secondary N) is 2. The van der Waals surface area contributed by atoms with Gasteiger partial charge < -0.3 is 9.55 Å². The molecule has 7 nitrogen and oxygen atoms in total. The Kier molecular flexibility index (Phi) is 3.36. The van der Waals surface area contributed by atoms with Crippen molar-refractivity contribution in [2.75, 3.05) is 0 Å². The lowest BCUT2D eigenvalue weighted by Gasteiger charge is -2.11. The van der Waals surface area contributed by atoms with E-state index in [1.165, 1.54) is 18.5 Å². The fraction of sp³-hybridized carbons (Fsp3) is 0.0526. The molecule has 0 bridgehead atoms. The number of halogens is 1. The second-order valence-corrected chi connectivity index (χ2v) is 6.15. The number of H-pyrrole nitrogens is 1. The van der Waals surface area contributed by atoms with Gasteiger partial charge in [-0.25, -0.2) is 19.3 Å². The van der Waals surface area contributed by atoms with E-state index in [1.807, 2.05) is 39.5 Å². The zero-order valence-electron chi connectivity index (χ0n) is 14.1.